The van der Waals surface area contributed by atoms with Gasteiger partial charge in [0, 0.05) is 47.1 Å². The number of rotatable bonds is 6. The first-order chi connectivity index (χ1) is 16.7. The minimum atomic E-state index is -1.24. The molecule has 0 radical (unpaired) electrons. The first kappa shape index (κ1) is 23.0. The van der Waals surface area contributed by atoms with Gasteiger partial charge in [0.2, 0.25) is 0 Å². The summed E-state index contributed by atoms with van der Waals surface area (Å²) >= 11 is 1.40. The van der Waals surface area contributed by atoms with E-state index in [1.54, 1.807) is 12.1 Å². The highest BCUT2D eigenvalue weighted by Crippen LogP contribution is 2.44. The normalized spacial score (nSPS) is 19.8. The third-order valence-corrected chi connectivity index (χ3v) is 7.32. The Bertz CT molecular complexity index is 1480. The average molecular weight is 499 g/mol. The van der Waals surface area contributed by atoms with Crippen molar-refractivity contribution in [1.29, 1.82) is 0 Å². The topological polar surface area (TPSA) is 139 Å². The third kappa shape index (κ3) is 3.85. The van der Waals surface area contributed by atoms with Crippen LogP contribution in [0.15, 0.2) is 49.2 Å². The molecule has 35 heavy (non-hydrogen) atoms. The van der Waals surface area contributed by atoms with E-state index in [0.29, 0.717) is 39.3 Å². The molecule has 182 valence electrons. The Hall–Kier alpha value is -3.73. The van der Waals surface area contributed by atoms with E-state index < -0.39 is 34.9 Å². The van der Waals surface area contributed by atoms with Gasteiger partial charge in [-0.15, -0.1) is 11.8 Å². The zero-order valence-electron chi connectivity index (χ0n) is 19.1. The Labute approximate surface area is 202 Å². The number of amides is 1. The summed E-state index contributed by atoms with van der Waals surface area (Å²) in [5.41, 5.74) is 1.33. The molecule has 11 heteroatoms. The Balaban J connectivity index is 1.50. The minimum Gasteiger partial charge on any atom is -0.477 e. The Kier molecular flexibility index (Phi) is 5.59. The highest BCUT2D eigenvalue weighted by molar-refractivity contribution is 8.00. The van der Waals surface area contributed by atoms with Crippen LogP contribution in [0, 0.1) is 0 Å². The summed E-state index contributed by atoms with van der Waals surface area (Å²) in [5.74, 6) is -1.23. The van der Waals surface area contributed by atoms with Crippen molar-refractivity contribution in [1.82, 2.24) is 4.90 Å². The van der Waals surface area contributed by atoms with E-state index >= 15 is 0 Å². The van der Waals surface area contributed by atoms with Crippen LogP contribution in [-0.4, -0.2) is 51.6 Å². The van der Waals surface area contributed by atoms with Gasteiger partial charge in [0.15, 0.2) is 0 Å². The number of carboxylic acids is 1. The molecule has 0 bridgehead atoms. The maximum atomic E-state index is 13.2. The fourth-order valence-electron chi connectivity index (χ4n) is 4.37. The summed E-state index contributed by atoms with van der Waals surface area (Å²) in [7, 11) is 0. The zero-order chi connectivity index (χ0) is 25.0. The van der Waals surface area contributed by atoms with Crippen LogP contribution in [0.5, 0.6) is 0 Å². The lowest BCUT2D eigenvalue weighted by atomic mass is 10.0. The number of thioether (sulfide) groups is 1. The summed E-state index contributed by atoms with van der Waals surface area (Å²) in [4.78, 5) is 49.2. The molecule has 1 fully saturated rings. The number of furan rings is 1. The number of carbonyl (C=O) groups is 3. The molecule has 2 N–H and O–H groups in total. The van der Waals surface area contributed by atoms with E-state index in [0.717, 1.165) is 5.39 Å². The molecule has 0 spiro atoms. The maximum Gasteiger partial charge on any atom is 0.352 e. The second kappa shape index (κ2) is 8.49. The molecule has 3 aromatic rings. The molecular weight excluding hydrogens is 476 g/mol. The van der Waals surface area contributed by atoms with Crippen LogP contribution in [0.25, 0.3) is 21.9 Å². The highest BCUT2D eigenvalue weighted by Gasteiger charge is 2.54. The number of ether oxygens (including phenoxy) is 1. The number of aliphatic carboxylic acids is 1. The first-order valence-corrected chi connectivity index (χ1v) is 12.0. The van der Waals surface area contributed by atoms with Crippen LogP contribution >= 0.6 is 11.8 Å². The summed E-state index contributed by atoms with van der Waals surface area (Å²) in [6.45, 7) is 4.98. The number of fused-ring (bicyclic) bond motifs is 3. The maximum absolute atomic E-state index is 13.2. The Morgan fingerprint density at radius 1 is 1.23 bits per heavy atom. The smallest absolute Gasteiger partial charge is 0.352 e. The quantitative estimate of drug-likeness (QED) is 0.296. The first-order valence-electron chi connectivity index (χ1n) is 11.0. The number of β-lactam (4-membered cyclic amide) rings is 1. The number of nitrogens with one attached hydrogen (secondary N) is 1. The van der Waals surface area contributed by atoms with E-state index in [2.05, 4.69) is 5.32 Å². The van der Waals surface area contributed by atoms with Gasteiger partial charge >= 0.3 is 17.6 Å². The van der Waals surface area contributed by atoms with Crippen molar-refractivity contribution in [2.24, 2.45) is 0 Å². The van der Waals surface area contributed by atoms with Crippen LogP contribution in [0.2, 0.25) is 0 Å². The molecule has 4 heterocycles. The van der Waals surface area contributed by atoms with Crippen LogP contribution in [0.3, 0.4) is 0 Å². The predicted octanol–water partition coefficient (Wildman–Crippen LogP) is 3.26. The van der Waals surface area contributed by atoms with Gasteiger partial charge in [-0.3, -0.25) is 14.5 Å². The second-order valence-electron chi connectivity index (χ2n) is 8.71. The van der Waals surface area contributed by atoms with Gasteiger partial charge in [0.1, 0.15) is 40.6 Å². The van der Waals surface area contributed by atoms with E-state index in [1.807, 2.05) is 19.9 Å². The highest BCUT2D eigenvalue weighted by atomic mass is 32.2. The second-order valence-corrected chi connectivity index (χ2v) is 9.81. The molecule has 0 aliphatic carbocycles. The van der Waals surface area contributed by atoms with Gasteiger partial charge < -0.3 is 24.0 Å². The third-order valence-electron chi connectivity index (χ3n) is 5.98. The van der Waals surface area contributed by atoms with Gasteiger partial charge in [0.05, 0.1) is 5.69 Å². The molecule has 2 aromatic heterocycles. The number of benzene rings is 1. The van der Waals surface area contributed by atoms with E-state index in [-0.39, 0.29) is 18.2 Å². The van der Waals surface area contributed by atoms with E-state index in [9.17, 15) is 24.3 Å². The summed E-state index contributed by atoms with van der Waals surface area (Å²) in [5, 5.41) is 14.1. The molecule has 2 aliphatic rings. The number of esters is 1. The number of nitrogens with zero attached hydrogens (tertiary/aromatic N) is 1. The Morgan fingerprint density at radius 2 is 2.00 bits per heavy atom. The van der Waals surface area contributed by atoms with Crippen LogP contribution in [0.4, 0.5) is 5.69 Å². The Morgan fingerprint density at radius 3 is 2.69 bits per heavy atom. The summed E-state index contributed by atoms with van der Waals surface area (Å²) in [6.07, 6.45) is 0. The van der Waals surface area contributed by atoms with Crippen LogP contribution in [-0.2, 0) is 19.1 Å². The van der Waals surface area contributed by atoms with Crippen molar-refractivity contribution in [3.05, 3.63) is 51.7 Å². The lowest BCUT2D eigenvalue weighted by Gasteiger charge is -2.49. The van der Waals surface area contributed by atoms with E-state index in [1.165, 1.54) is 29.7 Å². The molecule has 1 saturated heterocycles. The van der Waals surface area contributed by atoms with Crippen LogP contribution in [0.1, 0.15) is 32.4 Å². The standard InChI is InChI=1S/C24H22N2O8S/c1-10(2)21-18(14-6-12-4-5-17(28)33-15(12)7-16(14)34-21)25-19-22(29)26-20(24(30)31)13(8-32-11(3)27)9-35-23(19)26/h4-7,10,19,23,25H,8-9H2,1-3H3,(H,30,31)/t19-,23-/m1/s1. The molecule has 10 nitrogen and oxygen atoms in total. The molecule has 2 atom stereocenters. The van der Waals surface area contributed by atoms with Crippen molar-refractivity contribution in [3.8, 4) is 0 Å². The molecule has 0 unspecified atom stereocenters. The zero-order valence-corrected chi connectivity index (χ0v) is 19.9. The average Bonchev–Trinajstić information content (AvgIpc) is 3.16. The van der Waals surface area contributed by atoms with Gasteiger partial charge in [0.25, 0.3) is 5.91 Å². The largest absolute Gasteiger partial charge is 0.477 e. The van der Waals surface area contributed by atoms with Crippen molar-refractivity contribution in [2.45, 2.75) is 38.1 Å². The van der Waals surface area contributed by atoms with Gasteiger partial charge in [-0.25, -0.2) is 9.59 Å². The lowest BCUT2D eigenvalue weighted by molar-refractivity contribution is -0.147. The number of carboxylic acid groups (broad SMARTS) is 1. The molecule has 0 saturated carbocycles. The number of carbonyl (C=O) groups excluding carboxylic acids is 2. The van der Waals surface area contributed by atoms with Crippen molar-refractivity contribution >= 4 is 57.2 Å². The molecule has 5 rings (SSSR count). The SMILES string of the molecule is CC(=O)OCC1=C(C(=O)O)N2C(=O)[C@@H](Nc3c(C(C)C)oc4cc5oc(=O)ccc5cc34)[C@H]2SC1. The van der Waals surface area contributed by atoms with Gasteiger partial charge in [-0.1, -0.05) is 13.8 Å². The number of anilines is 1. The van der Waals surface area contributed by atoms with Gasteiger partial charge in [-0.05, 0) is 12.1 Å². The molecule has 1 amide bonds. The van der Waals surface area contributed by atoms with Gasteiger partial charge in [-0.2, -0.15) is 0 Å². The number of hydrogen-bond donors (Lipinski definition) is 2. The van der Waals surface area contributed by atoms with Crippen molar-refractivity contribution in [3.63, 3.8) is 0 Å². The minimum absolute atomic E-state index is 0.0184. The fraction of sp³-hybridized carbons (Fsp3) is 0.333. The van der Waals surface area contributed by atoms with Crippen molar-refractivity contribution < 1.29 is 33.1 Å². The van der Waals surface area contributed by atoms with Crippen LogP contribution < -0.4 is 10.9 Å². The molecule has 2 aliphatic heterocycles. The molecular formula is C24H22N2O8S. The molecule has 1 aromatic carbocycles. The van der Waals surface area contributed by atoms with Crippen molar-refractivity contribution in [2.75, 3.05) is 17.7 Å². The lowest BCUT2D eigenvalue weighted by Crippen LogP contribution is -2.67. The number of hydrogen-bond acceptors (Lipinski definition) is 9. The van der Waals surface area contributed by atoms with E-state index in [4.69, 9.17) is 13.6 Å². The predicted molar refractivity (Wildman–Crippen MR) is 128 cm³/mol. The fourth-order valence-corrected chi connectivity index (χ4v) is 5.70. The monoisotopic (exact) mass is 498 g/mol. The summed E-state index contributed by atoms with van der Waals surface area (Å²) in [6, 6.07) is 5.81. The summed E-state index contributed by atoms with van der Waals surface area (Å²) < 4.78 is 16.3.